The van der Waals surface area contributed by atoms with E-state index in [1.54, 1.807) is 30.3 Å². The Morgan fingerprint density at radius 1 is 1.00 bits per heavy atom. The first-order chi connectivity index (χ1) is 19.1. The molecule has 1 aliphatic rings. The maximum atomic E-state index is 13.9. The van der Waals surface area contributed by atoms with Crippen LogP contribution in [0.2, 0.25) is 5.02 Å². The number of alkyl halides is 6. The Hall–Kier alpha value is -3.31. The molecule has 2 heterocycles. The number of halogens is 7. The van der Waals surface area contributed by atoms with Crippen LogP contribution < -0.4 is 9.80 Å². The number of nitrogens with zero attached hydrogens (tertiary/aromatic N) is 3. The van der Waals surface area contributed by atoms with Crippen molar-refractivity contribution in [2.75, 3.05) is 30.0 Å². The minimum atomic E-state index is -5.06. The summed E-state index contributed by atoms with van der Waals surface area (Å²) in [6, 6.07) is 9.58. The van der Waals surface area contributed by atoms with Gasteiger partial charge in [-0.05, 0) is 62.6 Å². The summed E-state index contributed by atoms with van der Waals surface area (Å²) in [5, 5.41) is 10.2. The molecule has 0 radical (unpaired) electrons. The monoisotopic (exact) mass is 599 g/mol. The van der Waals surface area contributed by atoms with Gasteiger partial charge in [0.1, 0.15) is 5.82 Å². The third kappa shape index (κ3) is 6.16. The van der Waals surface area contributed by atoms with Crippen LogP contribution in [0.4, 0.5) is 37.8 Å². The van der Waals surface area contributed by atoms with Crippen LogP contribution in [-0.2, 0) is 22.6 Å². The highest BCUT2D eigenvalue weighted by Crippen LogP contribution is 2.42. The number of carbonyl (C=O) groups is 1. The molecule has 2 aromatic carbocycles. The highest BCUT2D eigenvalue weighted by molar-refractivity contribution is 6.33. The van der Waals surface area contributed by atoms with Gasteiger partial charge in [-0.25, -0.2) is 4.98 Å². The molecule has 4 rings (SSSR count). The average Bonchev–Trinajstić information content (AvgIpc) is 3.40. The van der Waals surface area contributed by atoms with Crippen LogP contribution in [0.3, 0.4) is 0 Å². The van der Waals surface area contributed by atoms with Crippen LogP contribution in [0.25, 0.3) is 11.1 Å². The van der Waals surface area contributed by atoms with Crippen molar-refractivity contribution in [2.24, 2.45) is 0 Å². The fraction of sp³-hybridized carbons (Fsp3) is 0.379. The van der Waals surface area contributed by atoms with E-state index in [0.29, 0.717) is 40.6 Å². The summed E-state index contributed by atoms with van der Waals surface area (Å²) in [5.74, 6) is -0.227. The third-order valence-corrected chi connectivity index (χ3v) is 7.75. The molecule has 12 heteroatoms. The van der Waals surface area contributed by atoms with Crippen molar-refractivity contribution < 1.29 is 36.2 Å². The Bertz CT molecular complexity index is 1410. The van der Waals surface area contributed by atoms with E-state index in [9.17, 15) is 36.2 Å². The lowest BCUT2D eigenvalue weighted by Gasteiger charge is -2.32. The topological polar surface area (TPSA) is 56.7 Å². The quantitative estimate of drug-likeness (QED) is 0.301. The molecule has 1 fully saturated rings. The van der Waals surface area contributed by atoms with Crippen LogP contribution in [0.5, 0.6) is 0 Å². The molecule has 0 unspecified atom stereocenters. The summed E-state index contributed by atoms with van der Waals surface area (Å²) < 4.78 is 81.3. The Morgan fingerprint density at radius 2 is 1.59 bits per heavy atom. The number of aliphatic hydroxyl groups excluding tert-OH is 1. The van der Waals surface area contributed by atoms with Crippen LogP contribution in [0.15, 0.2) is 54.7 Å². The van der Waals surface area contributed by atoms with Crippen molar-refractivity contribution in [3.8, 4) is 11.1 Å². The van der Waals surface area contributed by atoms with Crippen molar-refractivity contribution in [1.29, 1.82) is 0 Å². The average molecular weight is 600 g/mol. The Kier molecular flexibility index (Phi) is 8.35. The Labute approximate surface area is 238 Å². The number of hydrogen-bond donors (Lipinski definition) is 1. The molecule has 1 amide bonds. The lowest BCUT2D eigenvalue weighted by atomic mass is 9.81. The Balaban J connectivity index is 1.82. The van der Waals surface area contributed by atoms with E-state index in [1.807, 2.05) is 4.90 Å². The molecule has 0 spiro atoms. The standard InChI is InChI=1S/C29H28ClF6N3O2/c1-27(2,17-11-18(28(31,32)33)13-19(12-17)29(34,35)36)26(41)38(3)24-15-37-25(39-10-6-7-20(39)16-40)14-22(24)21-8-4-5-9-23(21)30/h4-5,8-9,11-15,20,40H,6-7,10,16H2,1-3H3/t20-/m1/s1. The number of anilines is 2. The molecule has 0 aliphatic carbocycles. The van der Waals surface area contributed by atoms with Crippen molar-refractivity contribution in [3.63, 3.8) is 0 Å². The fourth-order valence-electron chi connectivity index (χ4n) is 5.05. The predicted octanol–water partition coefficient (Wildman–Crippen LogP) is 7.34. The normalized spacial score (nSPS) is 16.3. The largest absolute Gasteiger partial charge is 0.416 e. The van der Waals surface area contributed by atoms with Gasteiger partial charge in [-0.1, -0.05) is 29.8 Å². The van der Waals surface area contributed by atoms with Crippen LogP contribution in [0.1, 0.15) is 43.4 Å². The molecule has 1 saturated heterocycles. The molecule has 1 N–H and O–H groups in total. The van der Waals surface area contributed by atoms with Gasteiger partial charge < -0.3 is 14.9 Å². The molecule has 0 bridgehead atoms. The first-order valence-corrected chi connectivity index (χ1v) is 13.1. The third-order valence-electron chi connectivity index (χ3n) is 7.42. The van der Waals surface area contributed by atoms with Crippen LogP contribution in [-0.4, -0.2) is 42.2 Å². The number of rotatable bonds is 6. The molecular formula is C29H28ClF6N3O2. The lowest BCUT2D eigenvalue weighted by Crippen LogP contribution is -2.42. The highest BCUT2D eigenvalue weighted by Gasteiger charge is 2.41. The van der Waals surface area contributed by atoms with Crippen molar-refractivity contribution >= 4 is 29.0 Å². The van der Waals surface area contributed by atoms with Crippen molar-refractivity contribution in [2.45, 2.75) is 50.5 Å². The molecule has 1 atom stereocenters. The Morgan fingerprint density at radius 3 is 2.15 bits per heavy atom. The van der Waals surface area contributed by atoms with Gasteiger partial charge in [-0.15, -0.1) is 0 Å². The van der Waals surface area contributed by atoms with Gasteiger partial charge >= 0.3 is 12.4 Å². The molecule has 0 saturated carbocycles. The second kappa shape index (κ2) is 11.2. The first kappa shape index (κ1) is 30.6. The smallest absolute Gasteiger partial charge is 0.394 e. The maximum Gasteiger partial charge on any atom is 0.416 e. The number of amides is 1. The van der Waals surface area contributed by atoms with E-state index in [4.69, 9.17) is 11.6 Å². The highest BCUT2D eigenvalue weighted by atomic mass is 35.5. The van der Waals surface area contributed by atoms with Crippen molar-refractivity contribution in [3.05, 3.63) is 76.4 Å². The zero-order valence-electron chi connectivity index (χ0n) is 22.4. The van der Waals surface area contributed by atoms with E-state index < -0.39 is 40.4 Å². The van der Waals surface area contributed by atoms with E-state index in [1.165, 1.54) is 27.1 Å². The predicted molar refractivity (Wildman–Crippen MR) is 145 cm³/mol. The number of hydrogen-bond acceptors (Lipinski definition) is 4. The molecule has 1 aromatic heterocycles. The second-order valence-electron chi connectivity index (χ2n) is 10.5. The van der Waals surface area contributed by atoms with Gasteiger partial charge in [-0.3, -0.25) is 4.79 Å². The summed E-state index contributed by atoms with van der Waals surface area (Å²) in [6.07, 6.45) is -7.08. The lowest BCUT2D eigenvalue weighted by molar-refractivity contribution is -0.143. The number of benzene rings is 2. The summed E-state index contributed by atoms with van der Waals surface area (Å²) in [7, 11) is 1.38. The zero-order valence-corrected chi connectivity index (χ0v) is 23.2. The molecule has 220 valence electrons. The van der Waals surface area contributed by atoms with E-state index in [2.05, 4.69) is 4.98 Å². The number of pyridine rings is 1. The molecule has 1 aliphatic heterocycles. The van der Waals surface area contributed by atoms with Gasteiger partial charge in [0, 0.05) is 29.7 Å². The summed E-state index contributed by atoms with van der Waals surface area (Å²) in [5.41, 5.74) is -3.97. The number of carbonyl (C=O) groups excluding carboxylic acids is 1. The van der Waals surface area contributed by atoms with Crippen LogP contribution >= 0.6 is 11.6 Å². The van der Waals surface area contributed by atoms with Gasteiger partial charge in [-0.2, -0.15) is 26.3 Å². The first-order valence-electron chi connectivity index (χ1n) is 12.8. The van der Waals surface area contributed by atoms with E-state index >= 15 is 0 Å². The molecule has 41 heavy (non-hydrogen) atoms. The minimum absolute atomic E-state index is 0.0317. The second-order valence-corrected chi connectivity index (χ2v) is 10.9. The van der Waals surface area contributed by atoms with Crippen LogP contribution in [0, 0.1) is 0 Å². The summed E-state index contributed by atoms with van der Waals surface area (Å²) >= 11 is 6.50. The summed E-state index contributed by atoms with van der Waals surface area (Å²) in [4.78, 5) is 21.5. The fourth-order valence-corrected chi connectivity index (χ4v) is 5.29. The SMILES string of the molecule is CN(C(=O)C(C)(C)c1cc(C(F)(F)F)cc(C(F)(F)F)c1)c1cnc(N2CCC[C@@H]2CO)cc1-c1ccccc1Cl. The van der Waals surface area contributed by atoms with Gasteiger partial charge in [0.2, 0.25) is 5.91 Å². The number of aliphatic hydroxyl groups is 1. The molecule has 5 nitrogen and oxygen atoms in total. The minimum Gasteiger partial charge on any atom is -0.394 e. The maximum absolute atomic E-state index is 13.9. The number of aromatic nitrogens is 1. The van der Waals surface area contributed by atoms with E-state index in [-0.39, 0.29) is 24.4 Å². The zero-order chi connectivity index (χ0) is 30.3. The van der Waals surface area contributed by atoms with Gasteiger partial charge in [0.05, 0.1) is 41.1 Å². The van der Waals surface area contributed by atoms with E-state index in [0.717, 1.165) is 17.7 Å². The van der Waals surface area contributed by atoms with Crippen molar-refractivity contribution in [1.82, 2.24) is 4.98 Å². The number of likely N-dealkylation sites (N-methyl/N-ethyl adjacent to an activating group) is 1. The summed E-state index contributed by atoms with van der Waals surface area (Å²) in [6.45, 7) is 3.12. The molecule has 3 aromatic rings. The van der Waals surface area contributed by atoms with Gasteiger partial charge in [0.15, 0.2) is 0 Å². The van der Waals surface area contributed by atoms with Gasteiger partial charge in [0.25, 0.3) is 0 Å². The molecular weight excluding hydrogens is 572 g/mol.